The van der Waals surface area contributed by atoms with Crippen LogP contribution in [-0.4, -0.2) is 41.1 Å². The molecule has 21 heavy (non-hydrogen) atoms. The van der Waals surface area contributed by atoms with E-state index in [0.717, 1.165) is 19.1 Å². The molecule has 2 saturated heterocycles. The molecule has 2 atom stereocenters. The Morgan fingerprint density at radius 3 is 2.76 bits per heavy atom. The number of aromatic nitrogens is 1. The number of nitrogens with zero attached hydrogens (tertiary/aromatic N) is 2. The Morgan fingerprint density at radius 2 is 1.90 bits per heavy atom. The van der Waals surface area contributed by atoms with E-state index in [1.807, 2.05) is 24.5 Å². The molecule has 1 N–H and O–H groups in total. The highest BCUT2D eigenvalue weighted by atomic mass is 16.1. The summed E-state index contributed by atoms with van der Waals surface area (Å²) >= 11 is 0. The van der Waals surface area contributed by atoms with Gasteiger partial charge in [-0.3, -0.25) is 4.79 Å². The minimum Gasteiger partial charge on any atom is -0.356 e. The monoisotopic (exact) mass is 289 g/mol. The quantitative estimate of drug-likeness (QED) is 0.903. The van der Waals surface area contributed by atoms with E-state index in [4.69, 9.17) is 0 Å². The van der Waals surface area contributed by atoms with Crippen molar-refractivity contribution in [2.75, 3.05) is 19.6 Å². The Bertz CT molecular complexity index is 441. The van der Waals surface area contributed by atoms with Crippen molar-refractivity contribution in [2.24, 2.45) is 5.92 Å². The summed E-state index contributed by atoms with van der Waals surface area (Å²) in [5, 5.41) is 3.17. The molecule has 0 aliphatic carbocycles. The largest absolute Gasteiger partial charge is 0.356 e. The highest BCUT2D eigenvalue weighted by Gasteiger charge is 2.32. The fourth-order valence-corrected chi connectivity index (χ4v) is 3.90. The fraction of sp³-hybridized carbons (Fsp3) is 0.706. The maximum atomic E-state index is 12.0. The van der Waals surface area contributed by atoms with Crippen LogP contribution in [0.25, 0.3) is 0 Å². The third-order valence-corrected chi connectivity index (χ3v) is 5.05. The van der Waals surface area contributed by atoms with Crippen molar-refractivity contribution in [1.29, 1.82) is 0 Å². The molecule has 0 spiro atoms. The van der Waals surface area contributed by atoms with Crippen LogP contribution in [0.4, 0.5) is 0 Å². The van der Waals surface area contributed by atoms with Crippen LogP contribution in [0.3, 0.4) is 0 Å². The summed E-state index contributed by atoms with van der Waals surface area (Å²) in [6, 6.07) is 4.71. The summed E-state index contributed by atoms with van der Waals surface area (Å²) in [5.41, 5.74) is 0. The summed E-state index contributed by atoms with van der Waals surface area (Å²) in [7, 11) is 0. The van der Waals surface area contributed by atoms with Gasteiger partial charge < -0.3 is 14.8 Å². The first-order valence-electron chi connectivity index (χ1n) is 8.44. The minimum atomic E-state index is 0.191. The second-order valence-corrected chi connectivity index (χ2v) is 6.48. The molecule has 0 bridgehead atoms. The number of aryl methyl sites for hydroxylation is 1. The molecule has 1 aromatic heterocycles. The van der Waals surface area contributed by atoms with Crippen LogP contribution in [0.15, 0.2) is 24.5 Å². The van der Waals surface area contributed by atoms with Gasteiger partial charge in [-0.15, -0.1) is 0 Å². The van der Waals surface area contributed by atoms with Gasteiger partial charge in [0.25, 0.3) is 0 Å². The summed E-state index contributed by atoms with van der Waals surface area (Å²) in [4.78, 5) is 14.7. The molecular formula is C17H27N3O. The van der Waals surface area contributed by atoms with Gasteiger partial charge in [-0.05, 0) is 56.8 Å². The van der Waals surface area contributed by atoms with Crippen molar-refractivity contribution in [3.63, 3.8) is 0 Å². The van der Waals surface area contributed by atoms with E-state index in [-0.39, 0.29) is 5.91 Å². The fourth-order valence-electron chi connectivity index (χ4n) is 3.90. The number of piperidine rings is 2. The maximum Gasteiger partial charge on any atom is 0.221 e. The second kappa shape index (κ2) is 7.12. The molecule has 4 nitrogen and oxygen atoms in total. The normalized spacial score (nSPS) is 26.3. The summed E-state index contributed by atoms with van der Waals surface area (Å²) in [6.45, 7) is 4.18. The van der Waals surface area contributed by atoms with Gasteiger partial charge in [0.05, 0.1) is 0 Å². The summed E-state index contributed by atoms with van der Waals surface area (Å²) < 4.78 is 2.06. The van der Waals surface area contributed by atoms with Crippen LogP contribution < -0.4 is 5.32 Å². The van der Waals surface area contributed by atoms with Crippen molar-refractivity contribution < 1.29 is 4.79 Å². The summed E-state index contributed by atoms with van der Waals surface area (Å²) in [6.07, 6.45) is 11.2. The molecule has 2 aliphatic rings. The van der Waals surface area contributed by atoms with Gasteiger partial charge in [0, 0.05) is 37.9 Å². The Morgan fingerprint density at radius 1 is 1.10 bits per heavy atom. The lowest BCUT2D eigenvalue weighted by Crippen LogP contribution is -2.51. The van der Waals surface area contributed by atoms with Crippen LogP contribution in [0.1, 0.15) is 38.5 Å². The zero-order valence-electron chi connectivity index (χ0n) is 12.8. The predicted molar refractivity (Wildman–Crippen MR) is 84.0 cm³/mol. The number of carbonyl (C=O) groups excluding carboxylic acids is 1. The maximum absolute atomic E-state index is 12.0. The lowest BCUT2D eigenvalue weighted by Gasteiger charge is -2.44. The Kier molecular flexibility index (Phi) is 4.96. The van der Waals surface area contributed by atoms with Gasteiger partial charge >= 0.3 is 0 Å². The molecule has 2 fully saturated rings. The first-order chi connectivity index (χ1) is 10.3. The number of hydrogen-bond acceptors (Lipinski definition) is 2. The molecule has 0 saturated carbocycles. The lowest BCUT2D eigenvalue weighted by molar-refractivity contribution is -0.121. The molecule has 0 radical (unpaired) electrons. The SMILES string of the molecule is O=C(CCn1cccc1)NC[C@@H]1CCCN2CCCC[C@H]12. The Hall–Kier alpha value is -1.29. The average Bonchev–Trinajstić information content (AvgIpc) is 3.04. The number of amides is 1. The molecule has 0 unspecified atom stereocenters. The van der Waals surface area contributed by atoms with E-state index in [1.165, 1.54) is 45.2 Å². The Balaban J connectivity index is 1.42. The van der Waals surface area contributed by atoms with Crippen molar-refractivity contribution in [2.45, 2.75) is 51.1 Å². The summed E-state index contributed by atoms with van der Waals surface area (Å²) in [5.74, 6) is 0.853. The first kappa shape index (κ1) is 14.6. The van der Waals surface area contributed by atoms with E-state index in [0.29, 0.717) is 12.3 Å². The van der Waals surface area contributed by atoms with Crippen molar-refractivity contribution in [3.8, 4) is 0 Å². The van der Waals surface area contributed by atoms with E-state index in [9.17, 15) is 4.79 Å². The third-order valence-electron chi connectivity index (χ3n) is 5.05. The van der Waals surface area contributed by atoms with E-state index in [1.54, 1.807) is 0 Å². The first-order valence-corrected chi connectivity index (χ1v) is 8.44. The van der Waals surface area contributed by atoms with Gasteiger partial charge in [0.1, 0.15) is 0 Å². The standard InChI is InChI=1S/C17H27N3O/c21-17(8-13-19-9-3-4-10-19)18-14-15-6-5-12-20-11-2-1-7-16(15)20/h3-4,9-10,15-16H,1-2,5-8,11-14H2,(H,18,21)/t15-,16+/m0/s1. The zero-order chi connectivity index (χ0) is 14.5. The van der Waals surface area contributed by atoms with Crippen LogP contribution in [-0.2, 0) is 11.3 Å². The highest BCUT2D eigenvalue weighted by molar-refractivity contribution is 5.75. The number of nitrogens with one attached hydrogen (secondary N) is 1. The average molecular weight is 289 g/mol. The number of rotatable bonds is 5. The van der Waals surface area contributed by atoms with Crippen molar-refractivity contribution in [3.05, 3.63) is 24.5 Å². The van der Waals surface area contributed by atoms with Crippen LogP contribution >= 0.6 is 0 Å². The van der Waals surface area contributed by atoms with Crippen molar-refractivity contribution in [1.82, 2.24) is 14.8 Å². The van der Waals surface area contributed by atoms with E-state index in [2.05, 4.69) is 14.8 Å². The molecule has 2 aliphatic heterocycles. The second-order valence-electron chi connectivity index (χ2n) is 6.48. The minimum absolute atomic E-state index is 0.191. The third kappa shape index (κ3) is 3.88. The topological polar surface area (TPSA) is 37.3 Å². The van der Waals surface area contributed by atoms with Gasteiger partial charge in [0.2, 0.25) is 5.91 Å². The Labute approximate surface area is 127 Å². The molecule has 3 rings (SSSR count). The smallest absolute Gasteiger partial charge is 0.221 e. The number of fused-ring (bicyclic) bond motifs is 1. The molecule has 1 amide bonds. The number of hydrogen-bond donors (Lipinski definition) is 1. The molecule has 4 heteroatoms. The van der Waals surface area contributed by atoms with E-state index >= 15 is 0 Å². The predicted octanol–water partition coefficient (Wildman–Crippen LogP) is 2.26. The zero-order valence-corrected chi connectivity index (χ0v) is 12.8. The van der Waals surface area contributed by atoms with Gasteiger partial charge in [-0.25, -0.2) is 0 Å². The van der Waals surface area contributed by atoms with Crippen LogP contribution in [0.2, 0.25) is 0 Å². The van der Waals surface area contributed by atoms with Gasteiger partial charge in [0.15, 0.2) is 0 Å². The lowest BCUT2D eigenvalue weighted by atomic mass is 9.83. The van der Waals surface area contributed by atoms with Crippen LogP contribution in [0, 0.1) is 5.92 Å². The van der Waals surface area contributed by atoms with E-state index < -0.39 is 0 Å². The van der Waals surface area contributed by atoms with Gasteiger partial charge in [-0.2, -0.15) is 0 Å². The molecule has 116 valence electrons. The van der Waals surface area contributed by atoms with Gasteiger partial charge in [-0.1, -0.05) is 6.42 Å². The number of carbonyl (C=O) groups is 1. The van der Waals surface area contributed by atoms with Crippen molar-refractivity contribution >= 4 is 5.91 Å². The molecule has 3 heterocycles. The molecule has 0 aromatic carbocycles. The van der Waals surface area contributed by atoms with Crippen LogP contribution in [0.5, 0.6) is 0 Å². The highest BCUT2D eigenvalue weighted by Crippen LogP contribution is 2.30. The molecular weight excluding hydrogens is 262 g/mol. The molecule has 1 aromatic rings.